The smallest absolute Gasteiger partial charge is 0.0391 e. The van der Waals surface area contributed by atoms with Gasteiger partial charge in [-0.2, -0.15) is 0 Å². The van der Waals surface area contributed by atoms with Gasteiger partial charge in [0.25, 0.3) is 0 Å². The molecule has 0 heterocycles. The molecule has 0 bridgehead atoms. The van der Waals surface area contributed by atoms with E-state index in [2.05, 4.69) is 6.92 Å². The van der Waals surface area contributed by atoms with Crippen LogP contribution in [0.3, 0.4) is 0 Å². The Bertz CT molecular complexity index is 181. The van der Waals surface area contributed by atoms with E-state index in [1.807, 2.05) is 13.8 Å². The van der Waals surface area contributed by atoms with Crippen molar-refractivity contribution in [2.45, 2.75) is 50.2 Å². The summed E-state index contributed by atoms with van der Waals surface area (Å²) in [6.07, 6.45) is 2.09. The van der Waals surface area contributed by atoms with Crippen LogP contribution in [-0.4, -0.2) is 20.8 Å². The lowest BCUT2D eigenvalue weighted by Gasteiger charge is -2.19. The Morgan fingerprint density at radius 2 is 2.00 bits per heavy atom. The van der Waals surface area contributed by atoms with E-state index >= 15 is 0 Å². The second-order valence-electron chi connectivity index (χ2n) is 4.02. The first-order valence-electron chi connectivity index (χ1n) is 4.69. The molecule has 1 rings (SSSR count). The topological polar surface area (TPSA) is 43.1 Å². The van der Waals surface area contributed by atoms with Gasteiger partial charge in [0.05, 0.1) is 0 Å². The summed E-state index contributed by atoms with van der Waals surface area (Å²) in [5.41, 5.74) is 5.87. The Morgan fingerprint density at radius 3 is 2.33 bits per heavy atom. The maximum atomic E-state index is 11.8. The van der Waals surface area contributed by atoms with Gasteiger partial charge in [0.15, 0.2) is 0 Å². The highest BCUT2D eigenvalue weighted by Gasteiger charge is 2.34. The quantitative estimate of drug-likeness (QED) is 0.711. The fourth-order valence-electron chi connectivity index (χ4n) is 1.84. The van der Waals surface area contributed by atoms with Crippen LogP contribution in [0.15, 0.2) is 0 Å². The van der Waals surface area contributed by atoms with Gasteiger partial charge in [-0.25, -0.2) is 0 Å². The predicted octanol–water partition coefficient (Wildman–Crippen LogP) is 1.27. The Balaban J connectivity index is 2.59. The second-order valence-corrected chi connectivity index (χ2v) is 6.22. The van der Waals surface area contributed by atoms with Crippen LogP contribution in [0.1, 0.15) is 33.6 Å². The van der Waals surface area contributed by atoms with Crippen molar-refractivity contribution in [2.75, 3.05) is 0 Å². The van der Waals surface area contributed by atoms with Crippen LogP contribution in [0.2, 0.25) is 0 Å². The second kappa shape index (κ2) is 3.88. The summed E-state index contributed by atoms with van der Waals surface area (Å²) in [4.78, 5) is 0. The largest absolute Gasteiger partial charge is 0.327 e. The lowest BCUT2D eigenvalue weighted by Crippen LogP contribution is -2.31. The third kappa shape index (κ3) is 1.88. The van der Waals surface area contributed by atoms with E-state index in [4.69, 9.17) is 5.73 Å². The first-order chi connectivity index (χ1) is 5.54. The van der Waals surface area contributed by atoms with Gasteiger partial charge in [-0.15, -0.1) is 0 Å². The van der Waals surface area contributed by atoms with Crippen LogP contribution in [-0.2, 0) is 10.8 Å². The molecular formula is C9H19NOS. The zero-order valence-corrected chi connectivity index (χ0v) is 8.93. The molecule has 0 saturated heterocycles. The standard InChI is InChI=1S/C9H19NOS/c1-6(2)12(11)9-5-4-8(10)7(9)3/h6-9H,4-5,10H2,1-3H3. The number of hydrogen-bond acceptors (Lipinski definition) is 2. The summed E-state index contributed by atoms with van der Waals surface area (Å²) >= 11 is 0. The molecule has 4 atom stereocenters. The predicted molar refractivity (Wildman–Crippen MR) is 53.4 cm³/mol. The van der Waals surface area contributed by atoms with Crippen LogP contribution >= 0.6 is 0 Å². The third-order valence-corrected chi connectivity index (χ3v) is 5.00. The number of nitrogens with two attached hydrogens (primary N) is 1. The first-order valence-corrected chi connectivity index (χ1v) is 5.96. The van der Waals surface area contributed by atoms with Gasteiger partial charge in [0.1, 0.15) is 0 Å². The van der Waals surface area contributed by atoms with E-state index in [1.165, 1.54) is 0 Å². The highest BCUT2D eigenvalue weighted by molar-refractivity contribution is 7.86. The van der Waals surface area contributed by atoms with Crippen LogP contribution in [0.25, 0.3) is 0 Å². The Morgan fingerprint density at radius 1 is 1.42 bits per heavy atom. The van der Waals surface area contributed by atoms with E-state index in [0.29, 0.717) is 11.2 Å². The van der Waals surface area contributed by atoms with E-state index in [1.54, 1.807) is 0 Å². The Hall–Kier alpha value is 0.110. The molecule has 4 unspecified atom stereocenters. The minimum atomic E-state index is -0.678. The van der Waals surface area contributed by atoms with Crippen molar-refractivity contribution < 1.29 is 4.21 Å². The molecule has 0 aromatic carbocycles. The van der Waals surface area contributed by atoms with Crippen molar-refractivity contribution in [2.24, 2.45) is 11.7 Å². The van der Waals surface area contributed by atoms with Gasteiger partial charge in [-0.05, 0) is 18.8 Å². The van der Waals surface area contributed by atoms with Crippen molar-refractivity contribution in [3.05, 3.63) is 0 Å². The van der Waals surface area contributed by atoms with Gasteiger partial charge in [-0.3, -0.25) is 4.21 Å². The lowest BCUT2D eigenvalue weighted by molar-refractivity contribution is 0.525. The van der Waals surface area contributed by atoms with E-state index < -0.39 is 10.8 Å². The lowest BCUT2D eigenvalue weighted by atomic mass is 10.1. The third-order valence-electron chi connectivity index (χ3n) is 2.81. The van der Waals surface area contributed by atoms with Crippen LogP contribution in [0, 0.1) is 5.92 Å². The number of rotatable bonds is 2. The monoisotopic (exact) mass is 189 g/mol. The Labute approximate surface area is 77.4 Å². The molecule has 0 amide bonds. The van der Waals surface area contributed by atoms with Gasteiger partial charge >= 0.3 is 0 Å². The average molecular weight is 189 g/mol. The first kappa shape index (κ1) is 10.2. The molecule has 1 aliphatic carbocycles. The molecule has 2 nitrogen and oxygen atoms in total. The summed E-state index contributed by atoms with van der Waals surface area (Å²) in [5, 5.41) is 0.628. The molecule has 1 aliphatic rings. The van der Waals surface area contributed by atoms with E-state index in [9.17, 15) is 4.21 Å². The molecule has 0 aliphatic heterocycles. The summed E-state index contributed by atoms with van der Waals surface area (Å²) in [6.45, 7) is 6.17. The molecule has 1 saturated carbocycles. The van der Waals surface area contributed by atoms with Crippen LogP contribution in [0.4, 0.5) is 0 Å². The molecule has 0 spiro atoms. The highest BCUT2D eigenvalue weighted by Crippen LogP contribution is 2.29. The highest BCUT2D eigenvalue weighted by atomic mass is 32.2. The molecule has 3 heteroatoms. The van der Waals surface area contributed by atoms with Crippen LogP contribution < -0.4 is 5.73 Å². The number of hydrogen-bond donors (Lipinski definition) is 1. The Kier molecular flexibility index (Phi) is 3.29. The fraction of sp³-hybridized carbons (Fsp3) is 1.00. The molecule has 0 radical (unpaired) electrons. The molecule has 2 N–H and O–H groups in total. The van der Waals surface area contributed by atoms with Crippen molar-refractivity contribution in [3.8, 4) is 0 Å². The SMILES string of the molecule is CC1C(N)CCC1S(=O)C(C)C. The van der Waals surface area contributed by atoms with Crippen molar-refractivity contribution in [3.63, 3.8) is 0 Å². The zero-order chi connectivity index (χ0) is 9.30. The van der Waals surface area contributed by atoms with Gasteiger partial charge < -0.3 is 5.73 Å². The summed E-state index contributed by atoms with van der Waals surface area (Å²) in [5.74, 6) is 0.438. The van der Waals surface area contributed by atoms with Crippen molar-refractivity contribution in [1.82, 2.24) is 0 Å². The molecule has 1 fully saturated rings. The maximum Gasteiger partial charge on any atom is 0.0391 e. The molecule has 72 valence electrons. The van der Waals surface area contributed by atoms with E-state index in [0.717, 1.165) is 12.8 Å². The minimum absolute atomic E-state index is 0.276. The molecule has 12 heavy (non-hydrogen) atoms. The maximum absolute atomic E-state index is 11.8. The molecular weight excluding hydrogens is 170 g/mol. The van der Waals surface area contributed by atoms with Crippen LogP contribution in [0.5, 0.6) is 0 Å². The van der Waals surface area contributed by atoms with E-state index in [-0.39, 0.29) is 11.3 Å². The zero-order valence-electron chi connectivity index (χ0n) is 8.12. The summed E-state index contributed by atoms with van der Waals surface area (Å²) < 4.78 is 11.8. The van der Waals surface area contributed by atoms with Gasteiger partial charge in [0, 0.05) is 27.3 Å². The van der Waals surface area contributed by atoms with Crippen molar-refractivity contribution in [1.29, 1.82) is 0 Å². The summed E-state index contributed by atoms with van der Waals surface area (Å²) in [7, 11) is -0.678. The molecule has 0 aromatic heterocycles. The minimum Gasteiger partial charge on any atom is -0.327 e. The summed E-state index contributed by atoms with van der Waals surface area (Å²) in [6, 6.07) is 0.276. The fourth-order valence-corrected chi connectivity index (χ4v) is 3.53. The molecule has 0 aromatic rings. The van der Waals surface area contributed by atoms with Crippen molar-refractivity contribution >= 4 is 10.8 Å². The van der Waals surface area contributed by atoms with Gasteiger partial charge in [-0.1, -0.05) is 20.8 Å². The average Bonchev–Trinajstić information content (AvgIpc) is 2.32. The normalized spacial score (nSPS) is 38.9. The van der Waals surface area contributed by atoms with Gasteiger partial charge in [0.2, 0.25) is 0 Å².